The number of carbonyl (C=O) groups is 2. The van der Waals surface area contributed by atoms with Gasteiger partial charge in [-0.15, -0.1) is 0 Å². The highest BCUT2D eigenvalue weighted by Gasteiger charge is 2.36. The molecular weight excluding hydrogens is 268 g/mol. The minimum Gasteiger partial charge on any atom is -0.335 e. The van der Waals surface area contributed by atoms with Gasteiger partial charge in [-0.05, 0) is 37.8 Å². The number of urea groups is 1. The van der Waals surface area contributed by atoms with E-state index >= 15 is 0 Å². The standard InChI is InChI=1S/C15H26N4O2/c20-14(10-19-8-11-6-16-7-12(11)9-19)18-15(21)17-13-4-2-1-3-5-13/h11-13,16H,1-10H2,(H2,17,18,20,21)/t11-,12+. The van der Waals surface area contributed by atoms with Crippen molar-refractivity contribution in [2.75, 3.05) is 32.7 Å². The van der Waals surface area contributed by atoms with Gasteiger partial charge in [-0.1, -0.05) is 19.3 Å². The molecule has 6 nitrogen and oxygen atoms in total. The van der Waals surface area contributed by atoms with E-state index in [1.807, 2.05) is 0 Å². The first-order chi connectivity index (χ1) is 10.2. The number of hydrogen-bond donors (Lipinski definition) is 3. The number of rotatable bonds is 3. The molecule has 0 aromatic heterocycles. The minimum absolute atomic E-state index is 0.184. The van der Waals surface area contributed by atoms with Crippen LogP contribution in [0.25, 0.3) is 0 Å². The summed E-state index contributed by atoms with van der Waals surface area (Å²) < 4.78 is 0. The van der Waals surface area contributed by atoms with Crippen LogP contribution in [0.2, 0.25) is 0 Å². The highest BCUT2D eigenvalue weighted by atomic mass is 16.2. The molecule has 118 valence electrons. The fourth-order valence-electron chi connectivity index (χ4n) is 3.92. The first-order valence-corrected chi connectivity index (χ1v) is 8.24. The summed E-state index contributed by atoms with van der Waals surface area (Å²) in [6.07, 6.45) is 5.66. The van der Waals surface area contributed by atoms with Crippen molar-refractivity contribution in [3.8, 4) is 0 Å². The molecule has 3 aliphatic rings. The van der Waals surface area contributed by atoms with Gasteiger partial charge in [0.25, 0.3) is 0 Å². The number of likely N-dealkylation sites (tertiary alicyclic amines) is 1. The molecular formula is C15H26N4O2. The van der Waals surface area contributed by atoms with Crippen molar-refractivity contribution in [3.63, 3.8) is 0 Å². The lowest BCUT2D eigenvalue weighted by atomic mass is 9.96. The molecule has 2 saturated heterocycles. The molecule has 0 spiro atoms. The van der Waals surface area contributed by atoms with E-state index in [0.29, 0.717) is 18.4 Å². The van der Waals surface area contributed by atoms with E-state index in [1.54, 1.807) is 0 Å². The molecule has 3 N–H and O–H groups in total. The van der Waals surface area contributed by atoms with Crippen LogP contribution in [-0.2, 0) is 4.79 Å². The summed E-state index contributed by atoms with van der Waals surface area (Å²) in [5.74, 6) is 1.17. The zero-order chi connectivity index (χ0) is 14.7. The first kappa shape index (κ1) is 14.8. The van der Waals surface area contributed by atoms with E-state index in [-0.39, 0.29) is 18.0 Å². The van der Waals surface area contributed by atoms with Crippen molar-refractivity contribution >= 4 is 11.9 Å². The molecule has 1 saturated carbocycles. The second-order valence-electron chi connectivity index (χ2n) is 6.73. The summed E-state index contributed by atoms with van der Waals surface area (Å²) in [7, 11) is 0. The van der Waals surface area contributed by atoms with Crippen LogP contribution >= 0.6 is 0 Å². The molecule has 6 heteroatoms. The molecule has 2 heterocycles. The summed E-state index contributed by atoms with van der Waals surface area (Å²) >= 11 is 0. The maximum absolute atomic E-state index is 11.9. The van der Waals surface area contributed by atoms with E-state index in [9.17, 15) is 9.59 Å². The quantitative estimate of drug-likeness (QED) is 0.700. The first-order valence-electron chi connectivity index (χ1n) is 8.24. The second kappa shape index (κ2) is 6.75. The van der Waals surface area contributed by atoms with Gasteiger partial charge in [-0.2, -0.15) is 0 Å². The van der Waals surface area contributed by atoms with Crippen LogP contribution in [-0.4, -0.2) is 55.6 Å². The predicted octanol–water partition coefficient (Wildman–Crippen LogP) is 0.296. The Balaban J connectivity index is 1.36. The Bertz CT molecular complexity index is 383. The van der Waals surface area contributed by atoms with Crippen molar-refractivity contribution in [2.45, 2.75) is 38.1 Å². The van der Waals surface area contributed by atoms with Gasteiger partial charge in [-0.25, -0.2) is 4.79 Å². The number of imide groups is 1. The molecule has 1 aliphatic carbocycles. The van der Waals surface area contributed by atoms with Gasteiger partial charge in [0.05, 0.1) is 6.54 Å². The van der Waals surface area contributed by atoms with E-state index in [4.69, 9.17) is 0 Å². The number of fused-ring (bicyclic) bond motifs is 1. The topological polar surface area (TPSA) is 73.5 Å². The fraction of sp³-hybridized carbons (Fsp3) is 0.867. The van der Waals surface area contributed by atoms with Crippen LogP contribution in [0, 0.1) is 11.8 Å². The SMILES string of the molecule is O=C(CN1C[C@H]2CNC[C@H]2C1)NC(=O)NC1CCCCC1. The van der Waals surface area contributed by atoms with E-state index < -0.39 is 0 Å². The van der Waals surface area contributed by atoms with Gasteiger partial charge in [0.2, 0.25) is 5.91 Å². The molecule has 21 heavy (non-hydrogen) atoms. The second-order valence-corrected chi connectivity index (χ2v) is 6.73. The summed E-state index contributed by atoms with van der Waals surface area (Å²) in [6.45, 7) is 4.39. The fourth-order valence-corrected chi connectivity index (χ4v) is 3.92. The Labute approximate surface area is 126 Å². The third-order valence-corrected chi connectivity index (χ3v) is 5.03. The van der Waals surface area contributed by atoms with Gasteiger partial charge in [0.1, 0.15) is 0 Å². The zero-order valence-electron chi connectivity index (χ0n) is 12.6. The number of amides is 3. The molecule has 0 aromatic rings. The summed E-state index contributed by atoms with van der Waals surface area (Å²) in [4.78, 5) is 25.9. The Kier molecular flexibility index (Phi) is 4.75. The van der Waals surface area contributed by atoms with Gasteiger partial charge in [0, 0.05) is 19.1 Å². The third-order valence-electron chi connectivity index (χ3n) is 5.03. The molecule has 0 bridgehead atoms. The Morgan fingerprint density at radius 1 is 1.05 bits per heavy atom. The summed E-state index contributed by atoms with van der Waals surface area (Å²) in [6, 6.07) is -0.0864. The van der Waals surface area contributed by atoms with Crippen molar-refractivity contribution in [3.05, 3.63) is 0 Å². The average molecular weight is 294 g/mol. The van der Waals surface area contributed by atoms with Gasteiger partial charge in [-0.3, -0.25) is 15.0 Å². The largest absolute Gasteiger partial charge is 0.335 e. The Hall–Kier alpha value is -1.14. The van der Waals surface area contributed by atoms with Crippen molar-refractivity contribution in [2.24, 2.45) is 11.8 Å². The highest BCUT2D eigenvalue weighted by molar-refractivity contribution is 5.95. The smallest absolute Gasteiger partial charge is 0.321 e. The zero-order valence-corrected chi connectivity index (χ0v) is 12.6. The number of nitrogens with zero attached hydrogens (tertiary/aromatic N) is 1. The van der Waals surface area contributed by atoms with Crippen LogP contribution in [0.15, 0.2) is 0 Å². The predicted molar refractivity (Wildman–Crippen MR) is 79.8 cm³/mol. The van der Waals surface area contributed by atoms with Crippen LogP contribution < -0.4 is 16.0 Å². The molecule has 3 rings (SSSR count). The molecule has 3 amide bonds. The van der Waals surface area contributed by atoms with Crippen LogP contribution in [0.5, 0.6) is 0 Å². The van der Waals surface area contributed by atoms with E-state index in [2.05, 4.69) is 20.9 Å². The summed E-state index contributed by atoms with van der Waals surface area (Å²) in [5.41, 5.74) is 0. The average Bonchev–Trinajstić information content (AvgIpc) is 3.00. The van der Waals surface area contributed by atoms with Crippen molar-refractivity contribution in [1.29, 1.82) is 0 Å². The van der Waals surface area contributed by atoms with Crippen LogP contribution in [0.1, 0.15) is 32.1 Å². The van der Waals surface area contributed by atoms with Crippen LogP contribution in [0.3, 0.4) is 0 Å². The normalized spacial score (nSPS) is 30.1. The maximum atomic E-state index is 11.9. The Morgan fingerprint density at radius 2 is 1.71 bits per heavy atom. The lowest BCUT2D eigenvalue weighted by molar-refractivity contribution is -0.121. The van der Waals surface area contributed by atoms with Gasteiger partial charge >= 0.3 is 6.03 Å². The molecule has 2 aliphatic heterocycles. The van der Waals surface area contributed by atoms with Crippen molar-refractivity contribution in [1.82, 2.24) is 20.9 Å². The maximum Gasteiger partial charge on any atom is 0.321 e. The van der Waals surface area contributed by atoms with Gasteiger partial charge < -0.3 is 10.6 Å². The molecule has 0 radical (unpaired) electrons. The van der Waals surface area contributed by atoms with Crippen LogP contribution in [0.4, 0.5) is 4.79 Å². The number of nitrogens with one attached hydrogen (secondary N) is 3. The van der Waals surface area contributed by atoms with Crippen molar-refractivity contribution < 1.29 is 9.59 Å². The minimum atomic E-state index is -0.326. The van der Waals surface area contributed by atoms with E-state index in [1.165, 1.54) is 19.3 Å². The lowest BCUT2D eigenvalue weighted by Crippen LogP contribution is -2.48. The molecule has 2 atom stereocenters. The summed E-state index contributed by atoms with van der Waals surface area (Å²) in [5, 5.41) is 8.77. The third kappa shape index (κ3) is 3.95. The molecule has 0 unspecified atom stereocenters. The Morgan fingerprint density at radius 3 is 2.38 bits per heavy atom. The highest BCUT2D eigenvalue weighted by Crippen LogP contribution is 2.25. The van der Waals surface area contributed by atoms with Gasteiger partial charge in [0.15, 0.2) is 0 Å². The lowest BCUT2D eigenvalue weighted by Gasteiger charge is -2.23. The number of hydrogen-bond acceptors (Lipinski definition) is 4. The molecule has 0 aromatic carbocycles. The number of carbonyl (C=O) groups excluding carboxylic acids is 2. The van der Waals surface area contributed by atoms with E-state index in [0.717, 1.165) is 39.0 Å². The monoisotopic (exact) mass is 294 g/mol. The molecule has 3 fully saturated rings.